The number of imidazole rings is 1. The van der Waals surface area contributed by atoms with Crippen LogP contribution in [0.15, 0.2) is 17.8 Å². The third kappa shape index (κ3) is 1.87. The zero-order valence-corrected chi connectivity index (χ0v) is 9.88. The summed E-state index contributed by atoms with van der Waals surface area (Å²) in [5, 5.41) is 6.18. The van der Waals surface area contributed by atoms with Crippen LogP contribution < -0.4 is 5.32 Å². The maximum Gasteiger partial charge on any atom is 0.203 e. The fourth-order valence-corrected chi connectivity index (χ4v) is 2.25. The van der Waals surface area contributed by atoms with Crippen molar-refractivity contribution in [3.63, 3.8) is 0 Å². The third-order valence-corrected chi connectivity index (χ3v) is 3.25. The van der Waals surface area contributed by atoms with Crippen LogP contribution in [0.5, 0.6) is 0 Å². The highest BCUT2D eigenvalue weighted by molar-refractivity contribution is 7.09. The Labute approximate surface area is 93.0 Å². The van der Waals surface area contributed by atoms with Crippen LogP contribution in [0.2, 0.25) is 0 Å². The van der Waals surface area contributed by atoms with Gasteiger partial charge in [0.05, 0.1) is 11.7 Å². The van der Waals surface area contributed by atoms with E-state index in [1.165, 1.54) is 0 Å². The number of hydrogen-bond acceptors (Lipinski definition) is 4. The molecule has 0 fully saturated rings. The Hall–Kier alpha value is -1.36. The number of nitrogens with one attached hydrogen (secondary N) is 1. The Morgan fingerprint density at radius 3 is 2.93 bits per heavy atom. The van der Waals surface area contributed by atoms with Crippen molar-refractivity contribution < 1.29 is 0 Å². The van der Waals surface area contributed by atoms with Crippen LogP contribution in [0.4, 0.5) is 5.95 Å². The molecule has 0 aromatic carbocycles. The Morgan fingerprint density at radius 2 is 2.33 bits per heavy atom. The van der Waals surface area contributed by atoms with Crippen LogP contribution in [-0.2, 0) is 0 Å². The fourth-order valence-electron chi connectivity index (χ4n) is 1.56. The first kappa shape index (κ1) is 10.2. The van der Waals surface area contributed by atoms with Crippen LogP contribution in [0.3, 0.4) is 0 Å². The topological polar surface area (TPSA) is 42.7 Å². The molecule has 0 bridgehead atoms. The molecule has 5 heteroatoms. The van der Waals surface area contributed by atoms with E-state index < -0.39 is 0 Å². The van der Waals surface area contributed by atoms with Gasteiger partial charge in [-0.15, -0.1) is 11.3 Å². The summed E-state index contributed by atoms with van der Waals surface area (Å²) in [6.07, 6.45) is 3.87. The summed E-state index contributed by atoms with van der Waals surface area (Å²) in [6.45, 7) is 4.12. The van der Waals surface area contributed by atoms with Crippen LogP contribution >= 0.6 is 11.3 Å². The van der Waals surface area contributed by atoms with Gasteiger partial charge in [-0.2, -0.15) is 0 Å². The SMILES string of the molecule is CNc1nc(C)cn1C(C)c1nccs1. The van der Waals surface area contributed by atoms with E-state index in [1.807, 2.05) is 31.7 Å². The molecule has 0 aliphatic heterocycles. The predicted octanol–water partition coefficient (Wildman–Crippen LogP) is 2.30. The van der Waals surface area contributed by atoms with Crippen molar-refractivity contribution in [1.82, 2.24) is 14.5 Å². The van der Waals surface area contributed by atoms with Gasteiger partial charge in [0.2, 0.25) is 5.95 Å². The lowest BCUT2D eigenvalue weighted by Crippen LogP contribution is -2.09. The molecule has 1 atom stereocenters. The van der Waals surface area contributed by atoms with Crippen LogP contribution in [-0.4, -0.2) is 21.6 Å². The van der Waals surface area contributed by atoms with Crippen molar-refractivity contribution in [3.8, 4) is 0 Å². The summed E-state index contributed by atoms with van der Waals surface area (Å²) in [4.78, 5) is 8.71. The van der Waals surface area contributed by atoms with Crippen molar-refractivity contribution in [3.05, 3.63) is 28.5 Å². The number of thiazole rings is 1. The molecule has 2 rings (SSSR count). The minimum absolute atomic E-state index is 0.230. The number of nitrogens with zero attached hydrogens (tertiary/aromatic N) is 3. The molecular weight excluding hydrogens is 208 g/mol. The molecule has 2 aromatic heterocycles. The van der Waals surface area contributed by atoms with Gasteiger partial charge in [-0.25, -0.2) is 9.97 Å². The third-order valence-electron chi connectivity index (χ3n) is 2.30. The standard InChI is InChI=1S/C10H14N4S/c1-7-6-14(10(11-3)13-7)8(2)9-12-4-5-15-9/h4-6,8H,1-3H3,(H,11,13). The zero-order chi connectivity index (χ0) is 10.8. The summed E-state index contributed by atoms with van der Waals surface area (Å²) in [5.74, 6) is 0.884. The molecule has 0 saturated heterocycles. The summed E-state index contributed by atoms with van der Waals surface area (Å²) in [7, 11) is 1.88. The molecule has 0 aliphatic rings. The molecule has 80 valence electrons. The Morgan fingerprint density at radius 1 is 1.53 bits per heavy atom. The van der Waals surface area contributed by atoms with Crippen molar-refractivity contribution in [2.24, 2.45) is 0 Å². The monoisotopic (exact) mass is 222 g/mol. The van der Waals surface area contributed by atoms with E-state index in [-0.39, 0.29) is 6.04 Å². The van der Waals surface area contributed by atoms with Crippen molar-refractivity contribution in [2.45, 2.75) is 19.9 Å². The first-order valence-electron chi connectivity index (χ1n) is 4.85. The second-order valence-corrected chi connectivity index (χ2v) is 4.34. The van der Waals surface area contributed by atoms with Gasteiger partial charge in [-0.3, -0.25) is 0 Å². The van der Waals surface area contributed by atoms with Gasteiger partial charge in [0, 0.05) is 24.8 Å². The molecule has 15 heavy (non-hydrogen) atoms. The minimum atomic E-state index is 0.230. The Kier molecular flexibility index (Phi) is 2.73. The number of rotatable bonds is 3. The lowest BCUT2D eigenvalue weighted by atomic mass is 10.3. The van der Waals surface area contributed by atoms with E-state index in [2.05, 4.69) is 26.8 Å². The molecule has 0 amide bonds. The molecule has 0 radical (unpaired) electrons. The summed E-state index contributed by atoms with van der Waals surface area (Å²) >= 11 is 1.67. The molecule has 2 aromatic rings. The van der Waals surface area contributed by atoms with Crippen molar-refractivity contribution in [1.29, 1.82) is 0 Å². The van der Waals surface area contributed by atoms with Crippen LogP contribution in [0.25, 0.3) is 0 Å². The normalized spacial score (nSPS) is 12.7. The second-order valence-electron chi connectivity index (χ2n) is 3.41. The molecule has 0 aliphatic carbocycles. The fraction of sp³-hybridized carbons (Fsp3) is 0.400. The van der Waals surface area contributed by atoms with E-state index in [0.29, 0.717) is 0 Å². The van der Waals surface area contributed by atoms with E-state index in [1.54, 1.807) is 11.3 Å². The average molecular weight is 222 g/mol. The highest BCUT2D eigenvalue weighted by Gasteiger charge is 2.14. The van der Waals surface area contributed by atoms with Crippen molar-refractivity contribution in [2.75, 3.05) is 12.4 Å². The van der Waals surface area contributed by atoms with Gasteiger partial charge in [0.15, 0.2) is 0 Å². The van der Waals surface area contributed by atoms with Gasteiger partial charge in [0.1, 0.15) is 5.01 Å². The van der Waals surface area contributed by atoms with Crippen molar-refractivity contribution >= 4 is 17.3 Å². The number of aryl methyl sites for hydroxylation is 1. The highest BCUT2D eigenvalue weighted by atomic mass is 32.1. The van der Waals surface area contributed by atoms with Crippen LogP contribution in [0, 0.1) is 6.92 Å². The Balaban J connectivity index is 2.36. The van der Waals surface area contributed by atoms with E-state index in [0.717, 1.165) is 16.6 Å². The zero-order valence-electron chi connectivity index (χ0n) is 9.06. The second kappa shape index (κ2) is 4.02. The van der Waals surface area contributed by atoms with Gasteiger partial charge in [0.25, 0.3) is 0 Å². The number of anilines is 1. The number of hydrogen-bond donors (Lipinski definition) is 1. The lowest BCUT2D eigenvalue weighted by Gasteiger charge is -2.13. The largest absolute Gasteiger partial charge is 0.359 e. The Bertz CT molecular complexity index is 432. The predicted molar refractivity (Wildman–Crippen MR) is 62.4 cm³/mol. The van der Waals surface area contributed by atoms with Gasteiger partial charge >= 0.3 is 0 Å². The summed E-state index contributed by atoms with van der Waals surface area (Å²) < 4.78 is 2.11. The van der Waals surface area contributed by atoms with E-state index in [4.69, 9.17) is 0 Å². The van der Waals surface area contributed by atoms with Crippen LogP contribution in [0.1, 0.15) is 23.7 Å². The maximum atomic E-state index is 4.39. The molecule has 1 unspecified atom stereocenters. The molecule has 4 nitrogen and oxygen atoms in total. The average Bonchev–Trinajstić information content (AvgIpc) is 2.84. The van der Waals surface area contributed by atoms with Gasteiger partial charge in [-0.1, -0.05) is 0 Å². The quantitative estimate of drug-likeness (QED) is 0.866. The minimum Gasteiger partial charge on any atom is -0.359 e. The molecule has 0 saturated carbocycles. The maximum absolute atomic E-state index is 4.39. The van der Waals surface area contributed by atoms with Gasteiger partial charge < -0.3 is 9.88 Å². The van der Waals surface area contributed by atoms with E-state index in [9.17, 15) is 0 Å². The van der Waals surface area contributed by atoms with Gasteiger partial charge in [-0.05, 0) is 13.8 Å². The molecule has 0 spiro atoms. The smallest absolute Gasteiger partial charge is 0.203 e. The highest BCUT2D eigenvalue weighted by Crippen LogP contribution is 2.23. The molecular formula is C10H14N4S. The summed E-state index contributed by atoms with van der Waals surface area (Å²) in [5.41, 5.74) is 1.02. The molecule has 1 N–H and O–H groups in total. The first-order chi connectivity index (χ1) is 7.22. The van der Waals surface area contributed by atoms with E-state index >= 15 is 0 Å². The first-order valence-corrected chi connectivity index (χ1v) is 5.73. The number of aromatic nitrogens is 3. The molecule has 2 heterocycles. The lowest BCUT2D eigenvalue weighted by molar-refractivity contribution is 0.641. The summed E-state index contributed by atoms with van der Waals surface area (Å²) in [6, 6.07) is 0.230.